The maximum absolute atomic E-state index is 11.3. The van der Waals surface area contributed by atoms with E-state index >= 15 is 0 Å². The minimum atomic E-state index is -0.559. The van der Waals surface area contributed by atoms with E-state index in [-0.39, 0.29) is 19.3 Å². The molecule has 1 aromatic rings. The Bertz CT molecular complexity index is 405. The van der Waals surface area contributed by atoms with E-state index in [0.29, 0.717) is 0 Å². The quantitative estimate of drug-likeness (QED) is 0.692. The fourth-order valence-corrected chi connectivity index (χ4v) is 1.44. The Morgan fingerprint density at radius 3 is 2.72 bits per heavy atom. The van der Waals surface area contributed by atoms with Gasteiger partial charge in [0.05, 0.1) is 6.10 Å². The van der Waals surface area contributed by atoms with Crippen LogP contribution in [-0.2, 0) is 0 Å². The monoisotopic (exact) mass is 252 g/mol. The minimum Gasteiger partial charge on any atom is -0.473 e. The number of urea groups is 1. The molecule has 1 atom stereocenters. The number of hydrogen-bond donors (Lipinski definition) is 3. The molecule has 0 radical (unpaired) electrons. The summed E-state index contributed by atoms with van der Waals surface area (Å²) >= 11 is 0. The molecule has 1 unspecified atom stereocenters. The van der Waals surface area contributed by atoms with E-state index in [1.54, 1.807) is 6.92 Å². The number of amides is 2. The van der Waals surface area contributed by atoms with Crippen molar-refractivity contribution in [1.82, 2.24) is 10.6 Å². The molecule has 0 bridgehead atoms. The number of carbonyl (C=O) groups excluding carboxylic acids is 1. The summed E-state index contributed by atoms with van der Waals surface area (Å²) in [6, 6.07) is 5.49. The van der Waals surface area contributed by atoms with Crippen LogP contribution in [0.4, 0.5) is 4.79 Å². The molecule has 0 spiro atoms. The van der Waals surface area contributed by atoms with Gasteiger partial charge in [-0.1, -0.05) is 17.7 Å². The SMILES string of the molecule is Cc1ccc(OCNC(=O)NCC(C)O)c(C)c1. The molecule has 1 aromatic carbocycles. The van der Waals surface area contributed by atoms with Crippen molar-refractivity contribution >= 4 is 6.03 Å². The first-order chi connectivity index (χ1) is 8.49. The number of nitrogens with one attached hydrogen (secondary N) is 2. The summed E-state index contributed by atoms with van der Waals surface area (Å²) in [6.07, 6.45) is -0.559. The summed E-state index contributed by atoms with van der Waals surface area (Å²) in [6.45, 7) is 5.88. The lowest BCUT2D eigenvalue weighted by Crippen LogP contribution is -2.40. The second-order valence-electron chi connectivity index (χ2n) is 4.29. The van der Waals surface area contributed by atoms with Crippen LogP contribution in [0.1, 0.15) is 18.1 Å². The number of carbonyl (C=O) groups is 1. The van der Waals surface area contributed by atoms with Crippen molar-refractivity contribution in [2.24, 2.45) is 0 Å². The highest BCUT2D eigenvalue weighted by Gasteiger charge is 2.03. The number of aliphatic hydroxyl groups is 1. The van der Waals surface area contributed by atoms with Crippen molar-refractivity contribution in [3.05, 3.63) is 29.3 Å². The molecule has 0 aromatic heterocycles. The highest BCUT2D eigenvalue weighted by atomic mass is 16.5. The Hall–Kier alpha value is -1.75. The highest BCUT2D eigenvalue weighted by molar-refractivity contribution is 5.73. The van der Waals surface area contributed by atoms with Gasteiger partial charge in [0.15, 0.2) is 6.73 Å². The van der Waals surface area contributed by atoms with E-state index in [2.05, 4.69) is 10.6 Å². The largest absolute Gasteiger partial charge is 0.473 e. The van der Waals surface area contributed by atoms with Crippen molar-refractivity contribution in [3.8, 4) is 5.75 Å². The predicted molar refractivity (Wildman–Crippen MR) is 69.6 cm³/mol. The molecule has 3 N–H and O–H groups in total. The van der Waals surface area contributed by atoms with Crippen molar-refractivity contribution in [2.75, 3.05) is 13.3 Å². The van der Waals surface area contributed by atoms with Crippen LogP contribution in [0.15, 0.2) is 18.2 Å². The molecule has 100 valence electrons. The van der Waals surface area contributed by atoms with Crippen molar-refractivity contribution < 1.29 is 14.6 Å². The summed E-state index contributed by atoms with van der Waals surface area (Å²) in [5.41, 5.74) is 2.20. The Labute approximate surface area is 107 Å². The van der Waals surface area contributed by atoms with Gasteiger partial charge in [0.25, 0.3) is 0 Å². The molecule has 5 heteroatoms. The zero-order chi connectivity index (χ0) is 13.5. The number of benzene rings is 1. The third kappa shape index (κ3) is 5.05. The van der Waals surface area contributed by atoms with Gasteiger partial charge in [-0.2, -0.15) is 0 Å². The average molecular weight is 252 g/mol. The smallest absolute Gasteiger partial charge is 0.317 e. The Kier molecular flexibility index (Phi) is 5.45. The third-order valence-electron chi connectivity index (χ3n) is 2.35. The van der Waals surface area contributed by atoms with Crippen LogP contribution in [0.25, 0.3) is 0 Å². The van der Waals surface area contributed by atoms with Crippen LogP contribution in [-0.4, -0.2) is 30.5 Å². The molecule has 0 aliphatic carbocycles. The van der Waals surface area contributed by atoms with Gasteiger partial charge < -0.3 is 20.5 Å². The molecular weight excluding hydrogens is 232 g/mol. The molecule has 5 nitrogen and oxygen atoms in total. The van der Waals surface area contributed by atoms with Crippen LogP contribution in [0.3, 0.4) is 0 Å². The molecule has 0 fully saturated rings. The van der Waals surface area contributed by atoms with Crippen LogP contribution in [0.2, 0.25) is 0 Å². The van der Waals surface area contributed by atoms with Crippen LogP contribution >= 0.6 is 0 Å². The fourth-order valence-electron chi connectivity index (χ4n) is 1.44. The molecule has 0 aliphatic rings. The van der Waals surface area contributed by atoms with Gasteiger partial charge in [0.1, 0.15) is 5.75 Å². The van der Waals surface area contributed by atoms with Gasteiger partial charge in [-0.3, -0.25) is 0 Å². The lowest BCUT2D eigenvalue weighted by molar-refractivity contribution is 0.184. The summed E-state index contributed by atoms with van der Waals surface area (Å²) in [4.78, 5) is 11.3. The second-order valence-corrected chi connectivity index (χ2v) is 4.29. The summed E-state index contributed by atoms with van der Waals surface area (Å²) in [5.74, 6) is 0.747. The van der Waals surface area contributed by atoms with Crippen LogP contribution in [0.5, 0.6) is 5.75 Å². The number of aryl methyl sites for hydroxylation is 2. The maximum atomic E-state index is 11.3. The van der Waals surface area contributed by atoms with Gasteiger partial charge in [-0.25, -0.2) is 4.79 Å². The second kappa shape index (κ2) is 6.86. The standard InChI is InChI=1S/C13H20N2O3/c1-9-4-5-12(10(2)6-9)18-8-15-13(17)14-7-11(3)16/h4-6,11,16H,7-8H2,1-3H3,(H2,14,15,17). The van der Waals surface area contributed by atoms with E-state index in [9.17, 15) is 4.79 Å². The predicted octanol–water partition coefficient (Wildman–Crippen LogP) is 1.32. The van der Waals surface area contributed by atoms with Crippen molar-refractivity contribution in [1.29, 1.82) is 0 Å². The van der Waals surface area contributed by atoms with E-state index in [1.165, 1.54) is 5.56 Å². The number of aliphatic hydroxyl groups excluding tert-OH is 1. The first-order valence-electron chi connectivity index (χ1n) is 5.89. The molecule has 18 heavy (non-hydrogen) atoms. The third-order valence-corrected chi connectivity index (χ3v) is 2.35. The van der Waals surface area contributed by atoms with E-state index in [0.717, 1.165) is 11.3 Å². The Balaban J connectivity index is 2.31. The number of hydrogen-bond acceptors (Lipinski definition) is 3. The zero-order valence-corrected chi connectivity index (χ0v) is 11.0. The summed E-state index contributed by atoms with van der Waals surface area (Å²) in [5, 5.41) is 14.1. The van der Waals surface area contributed by atoms with E-state index < -0.39 is 6.10 Å². The lowest BCUT2D eigenvalue weighted by Gasteiger charge is -2.12. The molecule has 2 amide bonds. The average Bonchev–Trinajstić information content (AvgIpc) is 2.29. The van der Waals surface area contributed by atoms with Crippen LogP contribution < -0.4 is 15.4 Å². The number of ether oxygens (including phenoxy) is 1. The molecule has 0 heterocycles. The van der Waals surface area contributed by atoms with Crippen molar-refractivity contribution in [2.45, 2.75) is 26.9 Å². The molecule has 1 rings (SSSR count). The van der Waals surface area contributed by atoms with Gasteiger partial charge in [-0.05, 0) is 32.4 Å². The normalized spacial score (nSPS) is 11.8. The Morgan fingerprint density at radius 1 is 1.39 bits per heavy atom. The Morgan fingerprint density at radius 2 is 2.11 bits per heavy atom. The summed E-state index contributed by atoms with van der Waals surface area (Å²) in [7, 11) is 0. The minimum absolute atomic E-state index is 0.0928. The molecule has 0 saturated carbocycles. The highest BCUT2D eigenvalue weighted by Crippen LogP contribution is 2.18. The molecule has 0 aliphatic heterocycles. The topological polar surface area (TPSA) is 70.6 Å². The summed E-state index contributed by atoms with van der Waals surface area (Å²) < 4.78 is 5.43. The number of rotatable bonds is 5. The van der Waals surface area contributed by atoms with Crippen molar-refractivity contribution in [3.63, 3.8) is 0 Å². The first-order valence-corrected chi connectivity index (χ1v) is 5.89. The zero-order valence-electron chi connectivity index (χ0n) is 11.0. The first kappa shape index (κ1) is 14.3. The maximum Gasteiger partial charge on any atom is 0.317 e. The fraction of sp³-hybridized carbons (Fsp3) is 0.462. The van der Waals surface area contributed by atoms with Crippen LogP contribution in [0, 0.1) is 13.8 Å². The molecule has 0 saturated heterocycles. The lowest BCUT2D eigenvalue weighted by atomic mass is 10.1. The van der Waals surface area contributed by atoms with Gasteiger partial charge in [0.2, 0.25) is 0 Å². The van der Waals surface area contributed by atoms with Gasteiger partial charge >= 0.3 is 6.03 Å². The van der Waals surface area contributed by atoms with E-state index in [1.807, 2.05) is 32.0 Å². The molecular formula is C13H20N2O3. The van der Waals surface area contributed by atoms with Gasteiger partial charge in [0, 0.05) is 6.54 Å². The van der Waals surface area contributed by atoms with E-state index in [4.69, 9.17) is 9.84 Å². The van der Waals surface area contributed by atoms with Gasteiger partial charge in [-0.15, -0.1) is 0 Å².